The average molecular weight is 467 g/mol. The summed E-state index contributed by atoms with van der Waals surface area (Å²) in [6.07, 6.45) is 1.78. The number of ether oxygens (including phenoxy) is 1. The van der Waals surface area contributed by atoms with Gasteiger partial charge in [0.05, 0.1) is 24.9 Å². The van der Waals surface area contributed by atoms with Crippen LogP contribution < -0.4 is 0 Å². The summed E-state index contributed by atoms with van der Waals surface area (Å²) in [5.41, 5.74) is 2.56. The molecule has 0 N–H and O–H groups in total. The molecule has 3 aromatic rings. The van der Waals surface area contributed by atoms with Gasteiger partial charge in [-0.2, -0.15) is 0 Å². The van der Waals surface area contributed by atoms with Crippen LogP contribution in [0.3, 0.4) is 0 Å². The maximum atomic E-state index is 13.9. The van der Waals surface area contributed by atoms with Gasteiger partial charge in [0.15, 0.2) is 5.78 Å². The number of nitrogens with zero attached hydrogens (tertiary/aromatic N) is 4. The third kappa shape index (κ3) is 3.80. The molecule has 33 heavy (non-hydrogen) atoms. The van der Waals surface area contributed by atoms with Crippen molar-refractivity contribution in [1.29, 1.82) is 0 Å². The molecule has 0 spiro atoms. The van der Waals surface area contributed by atoms with Gasteiger partial charge in [0.2, 0.25) is 5.78 Å². The van der Waals surface area contributed by atoms with Gasteiger partial charge >= 0.3 is 0 Å². The molecule has 172 valence electrons. The van der Waals surface area contributed by atoms with E-state index in [2.05, 4.69) is 9.88 Å². The number of amides is 1. The summed E-state index contributed by atoms with van der Waals surface area (Å²) >= 11 is 1.46. The third-order valence-electron chi connectivity index (χ3n) is 6.54. The minimum Gasteiger partial charge on any atom is -0.379 e. The second-order valence-corrected chi connectivity index (χ2v) is 9.53. The molecule has 0 bridgehead atoms. The van der Waals surface area contributed by atoms with Crippen LogP contribution >= 0.6 is 11.3 Å². The fourth-order valence-electron chi connectivity index (χ4n) is 4.84. The standard InChI is InChI=1S/C24H26N4O4S/c1-15-5-3-7-27-19(16(2)25-23(15)27)21(29)18-20(17-6-4-14-33-17)28(24(31)22(18)30)9-8-26-10-12-32-13-11-26/h3-7,14,18,20H,8-13H2,1-2H3. The Morgan fingerprint density at radius 1 is 1.15 bits per heavy atom. The number of pyridine rings is 1. The van der Waals surface area contributed by atoms with Gasteiger partial charge in [-0.15, -0.1) is 11.3 Å². The van der Waals surface area contributed by atoms with Gasteiger partial charge < -0.3 is 9.64 Å². The predicted octanol–water partition coefficient (Wildman–Crippen LogP) is 2.30. The topological polar surface area (TPSA) is 84.2 Å². The summed E-state index contributed by atoms with van der Waals surface area (Å²) < 4.78 is 7.15. The van der Waals surface area contributed by atoms with E-state index in [1.807, 2.05) is 36.6 Å². The summed E-state index contributed by atoms with van der Waals surface area (Å²) in [6, 6.07) is 6.97. The van der Waals surface area contributed by atoms with Gasteiger partial charge in [0, 0.05) is 37.3 Å². The molecule has 2 aliphatic rings. The van der Waals surface area contributed by atoms with Crippen LogP contribution in [0.4, 0.5) is 0 Å². The van der Waals surface area contributed by atoms with Crippen LogP contribution in [0, 0.1) is 19.8 Å². The smallest absolute Gasteiger partial charge is 0.291 e. The normalized spacial score (nSPS) is 21.9. The van der Waals surface area contributed by atoms with Crippen molar-refractivity contribution in [2.45, 2.75) is 19.9 Å². The molecular formula is C24H26N4O4S. The minimum atomic E-state index is -1.08. The van der Waals surface area contributed by atoms with Crippen molar-refractivity contribution in [3.63, 3.8) is 0 Å². The summed E-state index contributed by atoms with van der Waals surface area (Å²) in [4.78, 5) is 49.5. The van der Waals surface area contributed by atoms with Crippen molar-refractivity contribution in [3.05, 3.63) is 57.7 Å². The lowest BCUT2D eigenvalue weighted by Crippen LogP contribution is -2.42. The SMILES string of the molecule is Cc1nc2c(C)cccn2c1C(=O)C1C(=O)C(=O)N(CCN2CCOCC2)C1c1cccs1. The van der Waals surface area contributed by atoms with Crippen molar-refractivity contribution in [3.8, 4) is 0 Å². The molecule has 2 saturated heterocycles. The number of ketones is 2. The number of hydrogen-bond donors (Lipinski definition) is 0. The first-order valence-corrected chi connectivity index (χ1v) is 12.0. The van der Waals surface area contributed by atoms with Gasteiger partial charge in [0.1, 0.15) is 17.3 Å². The number of thiophene rings is 1. The lowest BCUT2D eigenvalue weighted by atomic mass is 9.90. The molecule has 2 atom stereocenters. The summed E-state index contributed by atoms with van der Waals surface area (Å²) in [7, 11) is 0. The Kier molecular flexibility index (Phi) is 5.86. The molecule has 2 unspecified atom stereocenters. The Morgan fingerprint density at radius 2 is 1.94 bits per heavy atom. The molecule has 0 radical (unpaired) electrons. The number of imidazole rings is 1. The fourth-order valence-corrected chi connectivity index (χ4v) is 5.71. The highest BCUT2D eigenvalue weighted by atomic mass is 32.1. The number of Topliss-reactive ketones (excluding diaryl/α,β-unsaturated/α-hetero) is 2. The Balaban J connectivity index is 1.51. The lowest BCUT2D eigenvalue weighted by molar-refractivity contribution is -0.141. The molecular weight excluding hydrogens is 440 g/mol. The minimum absolute atomic E-state index is 0.351. The second-order valence-electron chi connectivity index (χ2n) is 8.55. The van der Waals surface area contributed by atoms with Crippen LogP contribution in [0.15, 0.2) is 35.8 Å². The summed E-state index contributed by atoms with van der Waals surface area (Å²) in [6.45, 7) is 7.65. The first-order chi connectivity index (χ1) is 16.0. The molecule has 8 nitrogen and oxygen atoms in total. The summed E-state index contributed by atoms with van der Waals surface area (Å²) in [5.74, 6) is -2.65. The van der Waals surface area contributed by atoms with Gasteiger partial charge in [-0.25, -0.2) is 4.98 Å². The van der Waals surface area contributed by atoms with E-state index in [1.165, 1.54) is 11.3 Å². The number of fused-ring (bicyclic) bond motifs is 1. The monoisotopic (exact) mass is 466 g/mol. The number of carbonyl (C=O) groups is 3. The van der Waals surface area contributed by atoms with Crippen molar-refractivity contribution >= 4 is 34.5 Å². The zero-order chi connectivity index (χ0) is 23.1. The highest BCUT2D eigenvalue weighted by Crippen LogP contribution is 2.40. The molecule has 0 aromatic carbocycles. The first kappa shape index (κ1) is 21.9. The van der Waals surface area contributed by atoms with Crippen molar-refractivity contribution < 1.29 is 19.1 Å². The number of hydrogen-bond acceptors (Lipinski definition) is 7. The van der Waals surface area contributed by atoms with E-state index in [1.54, 1.807) is 22.4 Å². The first-order valence-electron chi connectivity index (χ1n) is 11.1. The number of carbonyl (C=O) groups excluding carboxylic acids is 3. The van der Waals surface area contributed by atoms with Crippen molar-refractivity contribution in [2.75, 3.05) is 39.4 Å². The van der Waals surface area contributed by atoms with Crippen LogP contribution in [0.2, 0.25) is 0 Å². The van der Waals surface area contributed by atoms with E-state index in [9.17, 15) is 14.4 Å². The Labute approximate surface area is 195 Å². The van der Waals surface area contributed by atoms with E-state index in [0.717, 1.165) is 23.5 Å². The number of morpholine rings is 1. The Bertz CT molecular complexity index is 1210. The quantitative estimate of drug-likeness (QED) is 0.315. The second kappa shape index (κ2) is 8.81. The number of aromatic nitrogens is 2. The highest BCUT2D eigenvalue weighted by molar-refractivity contribution is 7.10. The van der Waals surface area contributed by atoms with Crippen molar-refractivity contribution in [1.82, 2.24) is 19.2 Å². The van der Waals surface area contributed by atoms with Crippen LogP contribution in [-0.4, -0.2) is 76.1 Å². The zero-order valence-electron chi connectivity index (χ0n) is 18.7. The van der Waals surface area contributed by atoms with Gasteiger partial charge in [-0.3, -0.25) is 23.7 Å². The number of rotatable bonds is 6. The molecule has 5 heterocycles. The maximum Gasteiger partial charge on any atom is 0.291 e. The molecule has 0 saturated carbocycles. The third-order valence-corrected chi connectivity index (χ3v) is 7.48. The predicted molar refractivity (Wildman–Crippen MR) is 124 cm³/mol. The zero-order valence-corrected chi connectivity index (χ0v) is 19.5. The van der Waals surface area contributed by atoms with Crippen LogP contribution in [0.25, 0.3) is 5.65 Å². The van der Waals surface area contributed by atoms with Crippen LogP contribution in [0.1, 0.15) is 32.7 Å². The van der Waals surface area contributed by atoms with E-state index >= 15 is 0 Å². The van der Waals surface area contributed by atoms with Crippen LogP contribution in [-0.2, 0) is 14.3 Å². The molecule has 2 fully saturated rings. The fraction of sp³-hybridized carbons (Fsp3) is 0.417. The maximum absolute atomic E-state index is 13.9. The molecule has 9 heteroatoms. The molecule has 0 aliphatic carbocycles. The highest BCUT2D eigenvalue weighted by Gasteiger charge is 2.52. The van der Waals surface area contributed by atoms with Gasteiger partial charge in [0.25, 0.3) is 5.91 Å². The molecule has 3 aromatic heterocycles. The number of aryl methyl sites for hydroxylation is 2. The Morgan fingerprint density at radius 3 is 2.67 bits per heavy atom. The van der Waals surface area contributed by atoms with Crippen LogP contribution in [0.5, 0.6) is 0 Å². The average Bonchev–Trinajstić information content (AvgIpc) is 3.51. The Hall–Kier alpha value is -2.88. The van der Waals surface area contributed by atoms with Gasteiger partial charge in [-0.1, -0.05) is 12.1 Å². The van der Waals surface area contributed by atoms with E-state index in [4.69, 9.17) is 4.74 Å². The molecule has 5 rings (SSSR count). The van der Waals surface area contributed by atoms with Crippen molar-refractivity contribution in [2.24, 2.45) is 5.92 Å². The lowest BCUT2D eigenvalue weighted by Gasteiger charge is -2.31. The van der Waals surface area contributed by atoms with E-state index < -0.39 is 23.7 Å². The molecule has 1 amide bonds. The number of likely N-dealkylation sites (tertiary alicyclic amines) is 1. The molecule has 2 aliphatic heterocycles. The largest absolute Gasteiger partial charge is 0.379 e. The summed E-state index contributed by atoms with van der Waals surface area (Å²) in [5, 5.41) is 1.91. The van der Waals surface area contributed by atoms with E-state index in [0.29, 0.717) is 43.3 Å². The van der Waals surface area contributed by atoms with Gasteiger partial charge in [-0.05, 0) is 36.9 Å². The van der Waals surface area contributed by atoms with E-state index in [-0.39, 0.29) is 5.78 Å².